The molecule has 1 aromatic carbocycles. The number of benzene rings is 1. The summed E-state index contributed by atoms with van der Waals surface area (Å²) in [6, 6.07) is 9.25. The topological polar surface area (TPSA) is 62.8 Å². The number of para-hydroxylation sites is 1. The molecule has 20 heavy (non-hydrogen) atoms. The Labute approximate surface area is 121 Å². The standard InChI is InChI=1S/C14H14N2O2S2/c1-3-9-7-8-11(19-9)14-15-10-5-4-6-12(13(10)16-14)20(2,17)18/h4-8H,3H2,1-2H3,(H,15,16). The van der Waals surface area contributed by atoms with Crippen LogP contribution in [0.25, 0.3) is 21.7 Å². The van der Waals surface area contributed by atoms with Crippen LogP contribution in [-0.4, -0.2) is 24.6 Å². The fourth-order valence-corrected chi connectivity index (χ4v) is 3.84. The third-order valence-electron chi connectivity index (χ3n) is 3.12. The molecule has 0 fully saturated rings. The van der Waals surface area contributed by atoms with Gasteiger partial charge in [-0.2, -0.15) is 0 Å². The number of aryl methyl sites for hydroxylation is 1. The van der Waals surface area contributed by atoms with Gasteiger partial charge in [0.1, 0.15) is 11.3 Å². The first kappa shape index (κ1) is 13.3. The maximum absolute atomic E-state index is 11.8. The van der Waals surface area contributed by atoms with Gasteiger partial charge in [-0.05, 0) is 30.7 Å². The summed E-state index contributed by atoms with van der Waals surface area (Å²) in [4.78, 5) is 10.2. The Kier molecular flexibility index (Phi) is 3.14. The van der Waals surface area contributed by atoms with Crippen molar-refractivity contribution in [2.24, 2.45) is 0 Å². The maximum Gasteiger partial charge on any atom is 0.177 e. The van der Waals surface area contributed by atoms with E-state index >= 15 is 0 Å². The van der Waals surface area contributed by atoms with Crippen LogP contribution in [0, 0.1) is 0 Å². The molecule has 0 aliphatic heterocycles. The number of thiophene rings is 1. The number of nitrogens with one attached hydrogen (secondary N) is 1. The monoisotopic (exact) mass is 306 g/mol. The van der Waals surface area contributed by atoms with Crippen molar-refractivity contribution in [2.45, 2.75) is 18.2 Å². The van der Waals surface area contributed by atoms with Gasteiger partial charge in [-0.15, -0.1) is 11.3 Å². The fourth-order valence-electron chi connectivity index (χ4n) is 2.12. The van der Waals surface area contributed by atoms with Crippen molar-refractivity contribution in [3.63, 3.8) is 0 Å². The zero-order chi connectivity index (χ0) is 14.3. The van der Waals surface area contributed by atoms with Gasteiger partial charge in [0.25, 0.3) is 0 Å². The third-order valence-corrected chi connectivity index (χ3v) is 5.48. The van der Waals surface area contributed by atoms with E-state index in [0.717, 1.165) is 22.6 Å². The summed E-state index contributed by atoms with van der Waals surface area (Å²) in [5.74, 6) is 0.723. The SMILES string of the molecule is CCc1ccc(-c2nc3c(S(C)(=O)=O)cccc3[nH]2)s1. The molecule has 3 rings (SSSR count). The van der Waals surface area contributed by atoms with E-state index in [1.807, 2.05) is 12.1 Å². The van der Waals surface area contributed by atoms with Crippen LogP contribution < -0.4 is 0 Å². The van der Waals surface area contributed by atoms with Crippen LogP contribution in [0.15, 0.2) is 35.2 Å². The molecule has 0 amide bonds. The highest BCUT2D eigenvalue weighted by Gasteiger charge is 2.16. The van der Waals surface area contributed by atoms with Crippen molar-refractivity contribution < 1.29 is 8.42 Å². The first-order valence-electron chi connectivity index (χ1n) is 6.27. The van der Waals surface area contributed by atoms with Crippen LogP contribution in [0.4, 0.5) is 0 Å². The lowest BCUT2D eigenvalue weighted by molar-refractivity contribution is 0.602. The Morgan fingerprint density at radius 2 is 2.05 bits per heavy atom. The second-order valence-electron chi connectivity index (χ2n) is 4.63. The van der Waals surface area contributed by atoms with Crippen LogP contribution in [0.1, 0.15) is 11.8 Å². The molecule has 0 saturated heterocycles. The van der Waals surface area contributed by atoms with Crippen LogP contribution >= 0.6 is 11.3 Å². The number of hydrogen-bond acceptors (Lipinski definition) is 4. The van der Waals surface area contributed by atoms with Crippen molar-refractivity contribution in [3.8, 4) is 10.7 Å². The highest BCUT2D eigenvalue weighted by molar-refractivity contribution is 7.91. The summed E-state index contributed by atoms with van der Waals surface area (Å²) < 4.78 is 23.6. The smallest absolute Gasteiger partial charge is 0.177 e. The second kappa shape index (κ2) is 4.71. The fraction of sp³-hybridized carbons (Fsp3) is 0.214. The Bertz CT molecular complexity index is 876. The lowest BCUT2D eigenvalue weighted by Gasteiger charge is -1.97. The quantitative estimate of drug-likeness (QED) is 0.808. The molecule has 0 spiro atoms. The Balaban J connectivity index is 2.20. The van der Waals surface area contributed by atoms with Crippen LogP contribution in [-0.2, 0) is 16.3 Å². The summed E-state index contributed by atoms with van der Waals surface area (Å²) in [6.07, 6.45) is 2.19. The lowest BCUT2D eigenvalue weighted by Crippen LogP contribution is -1.97. The molecule has 2 heterocycles. The third kappa shape index (κ3) is 2.25. The summed E-state index contributed by atoms with van der Waals surface area (Å²) in [5.41, 5.74) is 1.26. The molecule has 2 aromatic heterocycles. The van der Waals surface area contributed by atoms with E-state index in [1.165, 1.54) is 11.1 Å². The van der Waals surface area contributed by atoms with E-state index in [2.05, 4.69) is 23.0 Å². The van der Waals surface area contributed by atoms with Crippen molar-refractivity contribution in [2.75, 3.05) is 6.26 Å². The van der Waals surface area contributed by atoms with Gasteiger partial charge < -0.3 is 4.98 Å². The minimum absolute atomic E-state index is 0.268. The van der Waals surface area contributed by atoms with Gasteiger partial charge in [0.05, 0.1) is 15.3 Å². The molecule has 4 nitrogen and oxygen atoms in total. The first-order chi connectivity index (χ1) is 9.49. The molecule has 0 unspecified atom stereocenters. The predicted molar refractivity (Wildman–Crippen MR) is 81.9 cm³/mol. The van der Waals surface area contributed by atoms with Gasteiger partial charge in [0.2, 0.25) is 0 Å². The van der Waals surface area contributed by atoms with Crippen molar-refractivity contribution >= 4 is 32.2 Å². The average Bonchev–Trinajstić information content (AvgIpc) is 3.02. The first-order valence-corrected chi connectivity index (χ1v) is 8.97. The zero-order valence-corrected chi connectivity index (χ0v) is 12.8. The molecule has 0 saturated carbocycles. The van der Waals surface area contributed by atoms with Crippen molar-refractivity contribution in [1.82, 2.24) is 9.97 Å². The van der Waals surface area contributed by atoms with Gasteiger partial charge in [-0.25, -0.2) is 13.4 Å². The molecule has 0 atom stereocenters. The normalized spacial score (nSPS) is 12.1. The zero-order valence-electron chi connectivity index (χ0n) is 11.2. The molecule has 6 heteroatoms. The molecular weight excluding hydrogens is 292 g/mol. The molecule has 0 aliphatic rings. The number of sulfone groups is 1. The number of hydrogen-bond donors (Lipinski definition) is 1. The van der Waals surface area contributed by atoms with E-state index in [-0.39, 0.29) is 4.90 Å². The summed E-state index contributed by atoms with van der Waals surface area (Å²) >= 11 is 1.67. The highest BCUT2D eigenvalue weighted by Crippen LogP contribution is 2.30. The van der Waals surface area contributed by atoms with Gasteiger partial charge in [0, 0.05) is 11.1 Å². The molecule has 0 aliphatic carbocycles. The molecule has 0 radical (unpaired) electrons. The largest absolute Gasteiger partial charge is 0.337 e. The Morgan fingerprint density at radius 3 is 2.70 bits per heavy atom. The summed E-state index contributed by atoms with van der Waals surface area (Å²) in [6.45, 7) is 2.11. The molecule has 1 N–H and O–H groups in total. The Morgan fingerprint density at radius 1 is 1.25 bits per heavy atom. The van der Waals surface area contributed by atoms with Gasteiger partial charge in [0.15, 0.2) is 9.84 Å². The number of imidazole rings is 1. The number of fused-ring (bicyclic) bond motifs is 1. The number of aromatic amines is 1. The van der Waals surface area contributed by atoms with Crippen LogP contribution in [0.5, 0.6) is 0 Å². The molecule has 0 bridgehead atoms. The van der Waals surface area contributed by atoms with Crippen molar-refractivity contribution in [3.05, 3.63) is 35.2 Å². The van der Waals surface area contributed by atoms with Gasteiger partial charge >= 0.3 is 0 Å². The lowest BCUT2D eigenvalue weighted by atomic mass is 10.3. The van der Waals surface area contributed by atoms with E-state index in [9.17, 15) is 8.42 Å². The number of nitrogens with zero attached hydrogens (tertiary/aromatic N) is 1. The minimum atomic E-state index is -3.28. The summed E-state index contributed by atoms with van der Waals surface area (Å²) in [5, 5.41) is 0. The second-order valence-corrected chi connectivity index (χ2v) is 7.78. The van der Waals surface area contributed by atoms with Crippen LogP contribution in [0.2, 0.25) is 0 Å². The van der Waals surface area contributed by atoms with Crippen LogP contribution in [0.3, 0.4) is 0 Å². The Hall–Kier alpha value is -1.66. The van der Waals surface area contributed by atoms with Gasteiger partial charge in [-0.1, -0.05) is 13.0 Å². The molecule has 104 valence electrons. The highest BCUT2D eigenvalue weighted by atomic mass is 32.2. The minimum Gasteiger partial charge on any atom is -0.337 e. The van der Waals surface area contributed by atoms with E-state index < -0.39 is 9.84 Å². The van der Waals surface area contributed by atoms with E-state index in [0.29, 0.717) is 5.52 Å². The van der Waals surface area contributed by atoms with Gasteiger partial charge in [-0.3, -0.25) is 0 Å². The summed E-state index contributed by atoms with van der Waals surface area (Å²) in [7, 11) is -3.28. The maximum atomic E-state index is 11.8. The van der Waals surface area contributed by atoms with Crippen molar-refractivity contribution in [1.29, 1.82) is 0 Å². The number of H-pyrrole nitrogens is 1. The average molecular weight is 306 g/mol. The molecule has 3 aromatic rings. The van der Waals surface area contributed by atoms with E-state index in [4.69, 9.17) is 0 Å². The van der Waals surface area contributed by atoms with E-state index in [1.54, 1.807) is 23.5 Å². The molecular formula is C14H14N2O2S2. The predicted octanol–water partition coefficient (Wildman–Crippen LogP) is 3.26. The number of aromatic nitrogens is 2. The number of rotatable bonds is 3.